The van der Waals surface area contributed by atoms with E-state index in [9.17, 15) is 14.9 Å². The van der Waals surface area contributed by atoms with E-state index in [-0.39, 0.29) is 23.0 Å². The third kappa shape index (κ3) is 3.55. The van der Waals surface area contributed by atoms with Crippen molar-refractivity contribution in [1.82, 2.24) is 9.97 Å². The first-order valence-corrected chi connectivity index (χ1v) is 10.8. The fourth-order valence-electron chi connectivity index (χ4n) is 4.43. The van der Waals surface area contributed by atoms with Crippen molar-refractivity contribution in [1.29, 1.82) is 5.26 Å². The number of piperidine rings is 1. The third-order valence-electron chi connectivity index (χ3n) is 5.92. The van der Waals surface area contributed by atoms with Crippen LogP contribution in [0.4, 0.5) is 11.8 Å². The first-order chi connectivity index (χ1) is 14.4. The molecule has 2 aromatic rings. The molecule has 1 fully saturated rings. The van der Waals surface area contributed by atoms with Crippen molar-refractivity contribution in [3.05, 3.63) is 49.7 Å². The summed E-state index contributed by atoms with van der Waals surface area (Å²) in [6.45, 7) is 2.90. The summed E-state index contributed by atoms with van der Waals surface area (Å²) in [4.78, 5) is 35.5. The topological polar surface area (TPSA) is 102 Å². The van der Waals surface area contributed by atoms with Crippen LogP contribution in [0.5, 0.6) is 0 Å². The molecule has 0 spiro atoms. The van der Waals surface area contributed by atoms with Gasteiger partial charge in [-0.3, -0.25) is 14.6 Å². The minimum Gasteiger partial charge on any atom is -0.339 e. The van der Waals surface area contributed by atoms with Gasteiger partial charge in [0.05, 0.1) is 11.6 Å². The van der Waals surface area contributed by atoms with Gasteiger partial charge in [0, 0.05) is 28.5 Å². The van der Waals surface area contributed by atoms with Crippen molar-refractivity contribution in [2.45, 2.75) is 44.6 Å². The molecule has 0 aliphatic carbocycles. The zero-order chi connectivity index (χ0) is 21.4. The highest BCUT2D eigenvalue weighted by atomic mass is 35.5. The van der Waals surface area contributed by atoms with Crippen molar-refractivity contribution in [2.24, 2.45) is 5.92 Å². The second kappa shape index (κ2) is 8.29. The lowest BCUT2D eigenvalue weighted by molar-refractivity contribution is -0.119. The number of hydrogen-bond donors (Lipinski definition) is 2. The molecule has 2 aliphatic heterocycles. The van der Waals surface area contributed by atoms with Crippen LogP contribution in [0.2, 0.25) is 10.0 Å². The number of rotatable bonds is 3. The van der Waals surface area contributed by atoms with E-state index in [2.05, 4.69) is 27.1 Å². The van der Waals surface area contributed by atoms with E-state index in [1.807, 2.05) is 6.07 Å². The highest BCUT2D eigenvalue weighted by Gasteiger charge is 2.41. The van der Waals surface area contributed by atoms with Gasteiger partial charge in [0.15, 0.2) is 0 Å². The maximum atomic E-state index is 13.2. The van der Waals surface area contributed by atoms with Crippen molar-refractivity contribution in [3.8, 4) is 6.07 Å². The van der Waals surface area contributed by atoms with Crippen LogP contribution in [-0.4, -0.2) is 28.5 Å². The van der Waals surface area contributed by atoms with E-state index < -0.39 is 17.7 Å². The number of hydrogen-bond acceptors (Lipinski definition) is 5. The summed E-state index contributed by atoms with van der Waals surface area (Å²) in [5, 5.41) is 13.0. The van der Waals surface area contributed by atoms with E-state index in [1.165, 1.54) is 6.07 Å². The molecule has 2 aliphatic rings. The van der Waals surface area contributed by atoms with Crippen molar-refractivity contribution >= 4 is 40.9 Å². The van der Waals surface area contributed by atoms with Gasteiger partial charge in [0.2, 0.25) is 11.9 Å². The molecule has 30 heavy (non-hydrogen) atoms. The Hall–Kier alpha value is -2.56. The molecule has 2 N–H and O–H groups in total. The molecule has 1 aromatic heterocycles. The number of anilines is 2. The number of aromatic amines is 1. The smallest absolute Gasteiger partial charge is 0.258 e. The normalized spacial score (nSPS) is 23.5. The number of nitriles is 1. The Morgan fingerprint density at radius 3 is 2.80 bits per heavy atom. The van der Waals surface area contributed by atoms with Crippen LogP contribution in [0.25, 0.3) is 0 Å². The number of nitrogens with one attached hydrogen (secondary N) is 2. The monoisotopic (exact) mass is 445 g/mol. The van der Waals surface area contributed by atoms with E-state index in [0.29, 0.717) is 21.6 Å². The Labute approximate surface area is 184 Å². The third-order valence-corrected chi connectivity index (χ3v) is 6.48. The molecular weight excluding hydrogens is 425 g/mol. The van der Waals surface area contributed by atoms with Crippen LogP contribution in [0, 0.1) is 17.2 Å². The van der Waals surface area contributed by atoms with E-state index in [0.717, 1.165) is 32.2 Å². The summed E-state index contributed by atoms with van der Waals surface area (Å²) in [6.07, 6.45) is 4.13. The standard InChI is InChI=1S/C21H21Cl2N5O2/c1-2-12-5-3-4-8-28(12)21-26-18-17(20(30)27-21)16(14(10-24)19(29)25-18)13-7-6-11(22)9-15(13)23/h6-7,9,12,14,16H,2-5,8H2,1H3,(H2,25,26,27,29,30). The molecule has 3 atom stereocenters. The predicted octanol–water partition coefficient (Wildman–Crippen LogP) is 4.07. The molecule has 3 heterocycles. The number of fused-ring (bicyclic) bond motifs is 1. The van der Waals surface area contributed by atoms with E-state index in [1.54, 1.807) is 12.1 Å². The zero-order valence-corrected chi connectivity index (χ0v) is 17.9. The van der Waals surface area contributed by atoms with Crippen LogP contribution in [0.3, 0.4) is 0 Å². The highest BCUT2D eigenvalue weighted by Crippen LogP contribution is 2.41. The summed E-state index contributed by atoms with van der Waals surface area (Å²) >= 11 is 12.4. The van der Waals surface area contributed by atoms with Crippen LogP contribution in [-0.2, 0) is 4.79 Å². The minimum absolute atomic E-state index is 0.182. The molecule has 0 radical (unpaired) electrons. The average molecular weight is 446 g/mol. The minimum atomic E-state index is -1.11. The highest BCUT2D eigenvalue weighted by molar-refractivity contribution is 6.35. The average Bonchev–Trinajstić information content (AvgIpc) is 2.72. The number of carbonyl (C=O) groups excluding carboxylic acids is 1. The summed E-state index contributed by atoms with van der Waals surface area (Å²) in [6, 6.07) is 7.10. The van der Waals surface area contributed by atoms with Gasteiger partial charge in [-0.05, 0) is 43.4 Å². The molecule has 7 nitrogen and oxygen atoms in total. The molecule has 3 unspecified atom stereocenters. The summed E-state index contributed by atoms with van der Waals surface area (Å²) in [7, 11) is 0. The Balaban J connectivity index is 1.86. The quantitative estimate of drug-likeness (QED) is 0.740. The van der Waals surface area contributed by atoms with Crippen LogP contribution in [0.1, 0.15) is 49.7 Å². The fourth-order valence-corrected chi connectivity index (χ4v) is 4.95. The number of amides is 1. The van der Waals surface area contributed by atoms with Crippen molar-refractivity contribution in [3.63, 3.8) is 0 Å². The van der Waals surface area contributed by atoms with Crippen LogP contribution in [0.15, 0.2) is 23.0 Å². The molecule has 0 saturated carbocycles. The maximum absolute atomic E-state index is 13.2. The number of H-pyrrole nitrogens is 1. The second-order valence-corrected chi connectivity index (χ2v) is 8.49. The number of nitrogens with zero attached hydrogens (tertiary/aromatic N) is 3. The van der Waals surface area contributed by atoms with Gasteiger partial charge in [-0.2, -0.15) is 10.2 Å². The zero-order valence-electron chi connectivity index (χ0n) is 16.4. The summed E-state index contributed by atoms with van der Waals surface area (Å²) < 4.78 is 0. The van der Waals surface area contributed by atoms with Crippen molar-refractivity contribution < 1.29 is 4.79 Å². The van der Waals surface area contributed by atoms with Gasteiger partial charge < -0.3 is 10.2 Å². The van der Waals surface area contributed by atoms with Gasteiger partial charge in [-0.1, -0.05) is 36.2 Å². The van der Waals surface area contributed by atoms with Gasteiger partial charge in [0.1, 0.15) is 11.7 Å². The molecule has 1 saturated heterocycles. The molecule has 9 heteroatoms. The van der Waals surface area contributed by atoms with Gasteiger partial charge >= 0.3 is 0 Å². The van der Waals surface area contributed by atoms with Gasteiger partial charge in [0.25, 0.3) is 5.56 Å². The van der Waals surface area contributed by atoms with E-state index in [4.69, 9.17) is 23.2 Å². The SMILES string of the molecule is CCC1CCCCN1c1nc2c(c(=O)[nH]1)C(c1ccc(Cl)cc1Cl)C(C#N)C(=O)N2. The van der Waals surface area contributed by atoms with Crippen LogP contribution >= 0.6 is 23.2 Å². The first-order valence-electron chi connectivity index (χ1n) is 10.0. The summed E-state index contributed by atoms with van der Waals surface area (Å²) in [5.74, 6) is -1.82. The van der Waals surface area contributed by atoms with Crippen LogP contribution < -0.4 is 15.8 Å². The molecule has 1 aromatic carbocycles. The summed E-state index contributed by atoms with van der Waals surface area (Å²) in [5.41, 5.74) is 0.346. The molecule has 0 bridgehead atoms. The lowest BCUT2D eigenvalue weighted by atomic mass is 9.79. The molecule has 1 amide bonds. The Kier molecular flexibility index (Phi) is 5.72. The predicted molar refractivity (Wildman–Crippen MR) is 116 cm³/mol. The maximum Gasteiger partial charge on any atom is 0.258 e. The Bertz CT molecular complexity index is 1090. The lowest BCUT2D eigenvalue weighted by Crippen LogP contribution is -2.43. The number of benzene rings is 1. The molecular formula is C21H21Cl2N5O2. The van der Waals surface area contributed by atoms with Gasteiger partial charge in [-0.25, -0.2) is 0 Å². The largest absolute Gasteiger partial charge is 0.339 e. The first kappa shape index (κ1) is 20.7. The Morgan fingerprint density at radius 2 is 2.10 bits per heavy atom. The van der Waals surface area contributed by atoms with Gasteiger partial charge in [-0.15, -0.1) is 0 Å². The fraction of sp³-hybridized carbons (Fsp3) is 0.429. The molecule has 4 rings (SSSR count). The second-order valence-electron chi connectivity index (χ2n) is 7.64. The Morgan fingerprint density at radius 1 is 1.30 bits per heavy atom. The molecule has 156 valence electrons. The van der Waals surface area contributed by atoms with E-state index >= 15 is 0 Å². The lowest BCUT2D eigenvalue weighted by Gasteiger charge is -2.36. The number of carbonyl (C=O) groups is 1. The van der Waals surface area contributed by atoms with Crippen molar-refractivity contribution in [2.75, 3.05) is 16.8 Å². The number of halogens is 2. The number of aromatic nitrogens is 2.